The minimum Gasteiger partial charge on any atom is -0.544 e. The summed E-state index contributed by atoms with van der Waals surface area (Å²) < 4.78 is 12.7. The Hall–Kier alpha value is -2.01. The minimum absolute atomic E-state index is 0.111. The van der Waals surface area contributed by atoms with Gasteiger partial charge >= 0.3 is 0 Å². The van der Waals surface area contributed by atoms with Crippen LogP contribution in [0.4, 0.5) is 0 Å². The monoisotopic (exact) mass is 468 g/mol. The minimum atomic E-state index is -1.93. The van der Waals surface area contributed by atoms with Gasteiger partial charge in [-0.15, -0.1) is 6.42 Å². The molecule has 5 heteroatoms. The smallest absolute Gasteiger partial charge is 0.250 e. The van der Waals surface area contributed by atoms with Crippen LogP contribution in [-0.4, -0.2) is 21.7 Å². The van der Waals surface area contributed by atoms with E-state index in [-0.39, 0.29) is 10.1 Å². The van der Waals surface area contributed by atoms with Gasteiger partial charge in [0.1, 0.15) is 11.5 Å². The van der Waals surface area contributed by atoms with E-state index in [4.69, 9.17) is 15.3 Å². The molecule has 0 aliphatic rings. The zero-order chi connectivity index (χ0) is 24.6. The van der Waals surface area contributed by atoms with Crippen molar-refractivity contribution in [2.75, 3.05) is 0 Å². The summed E-state index contributed by atoms with van der Waals surface area (Å²) in [6, 6.07) is 15.0. The Labute approximate surface area is 197 Å². The summed E-state index contributed by atoms with van der Waals surface area (Å²) in [6.07, 6.45) is 5.82. The summed E-state index contributed by atoms with van der Waals surface area (Å²) in [6.45, 7) is 22.1. The van der Waals surface area contributed by atoms with E-state index in [2.05, 4.69) is 73.7 Å². The Morgan fingerprint density at radius 1 is 0.656 bits per heavy atom. The second kappa shape index (κ2) is 8.74. The zero-order valence-corrected chi connectivity index (χ0v) is 23.5. The molecule has 2 aromatic carbocycles. The van der Waals surface area contributed by atoms with Crippen LogP contribution < -0.4 is 8.85 Å². The highest BCUT2D eigenvalue weighted by atomic mass is 28.4. The Balaban J connectivity index is 2.28. The van der Waals surface area contributed by atoms with Gasteiger partial charge in [-0.2, -0.15) is 0 Å². The van der Waals surface area contributed by atoms with E-state index in [9.17, 15) is 5.11 Å². The topological polar surface area (TPSA) is 38.7 Å². The summed E-state index contributed by atoms with van der Waals surface area (Å²) >= 11 is 0. The van der Waals surface area contributed by atoms with Crippen LogP contribution in [0.25, 0.3) is 0 Å². The molecule has 174 valence electrons. The molecule has 0 fully saturated rings. The molecule has 0 aliphatic carbocycles. The van der Waals surface area contributed by atoms with Gasteiger partial charge in [-0.3, -0.25) is 0 Å². The third-order valence-corrected chi connectivity index (χ3v) is 15.8. The number of terminal acetylenes is 1. The first kappa shape index (κ1) is 26.2. The first-order chi connectivity index (χ1) is 14.4. The van der Waals surface area contributed by atoms with Crippen molar-refractivity contribution in [2.45, 2.75) is 83.4 Å². The van der Waals surface area contributed by atoms with Gasteiger partial charge in [0.2, 0.25) is 16.6 Å². The van der Waals surface area contributed by atoms with Gasteiger partial charge in [0, 0.05) is 11.1 Å². The largest absolute Gasteiger partial charge is 0.544 e. The first-order valence-corrected chi connectivity index (χ1v) is 17.0. The fourth-order valence-corrected chi connectivity index (χ4v) is 4.82. The molecule has 2 aromatic rings. The molecule has 0 saturated heterocycles. The predicted molar refractivity (Wildman–Crippen MR) is 140 cm³/mol. The van der Waals surface area contributed by atoms with Crippen molar-refractivity contribution in [1.82, 2.24) is 0 Å². The molecule has 2 rings (SSSR count). The maximum absolute atomic E-state index is 11.4. The zero-order valence-electron chi connectivity index (χ0n) is 21.5. The lowest BCUT2D eigenvalue weighted by Gasteiger charge is -2.36. The lowest BCUT2D eigenvalue weighted by molar-refractivity contribution is 0.145. The maximum Gasteiger partial charge on any atom is 0.250 e. The molecule has 0 aromatic heterocycles. The summed E-state index contributed by atoms with van der Waals surface area (Å²) in [5, 5.41) is 11.6. The van der Waals surface area contributed by atoms with Crippen molar-refractivity contribution in [3.05, 3.63) is 59.7 Å². The number of benzene rings is 2. The van der Waals surface area contributed by atoms with E-state index in [0.717, 1.165) is 11.5 Å². The van der Waals surface area contributed by atoms with Gasteiger partial charge in [-0.05, 0) is 60.5 Å². The third-order valence-electron chi connectivity index (χ3n) is 7.11. The van der Waals surface area contributed by atoms with Gasteiger partial charge in [0.05, 0.1) is 0 Å². The summed E-state index contributed by atoms with van der Waals surface area (Å²) in [7, 11) is -3.87. The van der Waals surface area contributed by atoms with Crippen molar-refractivity contribution >= 4 is 16.6 Å². The van der Waals surface area contributed by atoms with Crippen LogP contribution in [0.5, 0.6) is 11.5 Å². The highest BCUT2D eigenvalue weighted by molar-refractivity contribution is 6.75. The Morgan fingerprint density at radius 2 is 0.938 bits per heavy atom. The molecular formula is C27H40O3Si2. The molecule has 0 unspecified atom stereocenters. The molecule has 0 heterocycles. The fourth-order valence-electron chi connectivity index (χ4n) is 2.76. The number of hydrogen-bond acceptors (Lipinski definition) is 3. The van der Waals surface area contributed by atoms with E-state index in [1.807, 2.05) is 48.5 Å². The molecule has 0 saturated carbocycles. The molecule has 0 spiro atoms. The molecule has 1 N–H and O–H groups in total. The summed E-state index contributed by atoms with van der Waals surface area (Å²) in [5.41, 5.74) is -0.244. The molecule has 0 radical (unpaired) electrons. The van der Waals surface area contributed by atoms with Gasteiger partial charge in [0.25, 0.3) is 0 Å². The third kappa shape index (κ3) is 5.48. The molecule has 0 amide bonds. The van der Waals surface area contributed by atoms with Gasteiger partial charge in [-0.1, -0.05) is 71.7 Å². The highest BCUT2D eigenvalue weighted by Crippen LogP contribution is 2.39. The van der Waals surface area contributed by atoms with Crippen LogP contribution in [-0.2, 0) is 5.60 Å². The average molecular weight is 469 g/mol. The molecule has 0 atom stereocenters. The average Bonchev–Trinajstić information content (AvgIpc) is 2.66. The quantitative estimate of drug-likeness (QED) is 0.356. The standard InChI is InChI=1S/C27H40O3Si2/c1-12-27(28,21-13-17-23(18-14-21)29-31(8,9)25(2,3)4)22-15-19-24(20-16-22)30-32(10,11)26(5,6)7/h1,13-20,28H,2-11H3. The molecule has 3 nitrogen and oxygen atoms in total. The maximum atomic E-state index is 11.4. The predicted octanol–water partition coefficient (Wildman–Crippen LogP) is 7.32. The van der Waals surface area contributed by atoms with E-state index in [1.165, 1.54) is 0 Å². The van der Waals surface area contributed by atoms with Gasteiger partial charge in [-0.25, -0.2) is 0 Å². The number of aliphatic hydroxyl groups is 1. The van der Waals surface area contributed by atoms with Gasteiger partial charge in [0.15, 0.2) is 5.60 Å². The second-order valence-corrected chi connectivity index (χ2v) is 21.1. The van der Waals surface area contributed by atoms with E-state index in [0.29, 0.717) is 11.1 Å². The molecular weight excluding hydrogens is 428 g/mol. The lowest BCUT2D eigenvalue weighted by Crippen LogP contribution is -2.43. The van der Waals surface area contributed by atoms with Crippen molar-refractivity contribution < 1.29 is 14.0 Å². The summed E-state index contributed by atoms with van der Waals surface area (Å²) in [4.78, 5) is 0. The number of hydrogen-bond donors (Lipinski definition) is 1. The van der Waals surface area contributed by atoms with E-state index in [1.54, 1.807) is 0 Å². The normalized spacial score (nSPS) is 13.4. The Morgan fingerprint density at radius 3 is 1.16 bits per heavy atom. The van der Waals surface area contributed by atoms with Crippen molar-refractivity contribution in [3.8, 4) is 23.8 Å². The first-order valence-electron chi connectivity index (χ1n) is 11.2. The van der Waals surface area contributed by atoms with Crippen molar-refractivity contribution in [1.29, 1.82) is 0 Å². The Bertz CT molecular complexity index is 883. The van der Waals surface area contributed by atoms with E-state index >= 15 is 0 Å². The lowest BCUT2D eigenvalue weighted by atomic mass is 9.87. The SMILES string of the molecule is C#CC(O)(c1ccc(O[Si](C)(C)C(C)(C)C)cc1)c1ccc(O[Si](C)(C)C(C)(C)C)cc1. The van der Waals surface area contributed by atoms with Gasteiger partial charge < -0.3 is 14.0 Å². The number of rotatable bonds is 6. The second-order valence-electron chi connectivity index (χ2n) is 11.6. The van der Waals surface area contributed by atoms with Crippen LogP contribution in [0, 0.1) is 12.3 Å². The van der Waals surface area contributed by atoms with Crippen LogP contribution in [0.1, 0.15) is 52.7 Å². The molecule has 0 bridgehead atoms. The van der Waals surface area contributed by atoms with Crippen molar-refractivity contribution in [2.24, 2.45) is 0 Å². The van der Waals surface area contributed by atoms with E-state index < -0.39 is 22.2 Å². The summed E-state index contributed by atoms with van der Waals surface area (Å²) in [5.74, 6) is 4.19. The van der Waals surface area contributed by atoms with Crippen molar-refractivity contribution in [3.63, 3.8) is 0 Å². The molecule has 0 aliphatic heterocycles. The van der Waals surface area contributed by atoms with Crippen LogP contribution in [0.2, 0.25) is 36.3 Å². The van der Waals surface area contributed by atoms with Crippen LogP contribution >= 0.6 is 0 Å². The van der Waals surface area contributed by atoms with Crippen LogP contribution in [0.15, 0.2) is 48.5 Å². The highest BCUT2D eigenvalue weighted by Gasteiger charge is 2.40. The molecule has 32 heavy (non-hydrogen) atoms. The Kier molecular flexibility index (Phi) is 7.17. The van der Waals surface area contributed by atoms with Crippen LogP contribution in [0.3, 0.4) is 0 Å². The fraction of sp³-hybridized carbons (Fsp3) is 0.481.